The van der Waals surface area contributed by atoms with Crippen molar-refractivity contribution in [1.29, 1.82) is 0 Å². The zero-order valence-electron chi connectivity index (χ0n) is 12.7. The average molecular weight is 322 g/mol. The monoisotopic (exact) mass is 322 g/mol. The van der Waals surface area contributed by atoms with E-state index in [1.807, 2.05) is 6.92 Å². The van der Waals surface area contributed by atoms with E-state index in [2.05, 4.69) is 5.16 Å². The first-order chi connectivity index (χ1) is 10.4. The summed E-state index contributed by atoms with van der Waals surface area (Å²) in [6.07, 6.45) is 1.48. The molecule has 0 aliphatic carbocycles. The Bertz CT molecular complexity index is 746. The summed E-state index contributed by atoms with van der Waals surface area (Å²) >= 11 is 0. The topological polar surface area (TPSA) is 72.1 Å². The Hall–Kier alpha value is -2.12. The van der Waals surface area contributed by atoms with Crippen LogP contribution in [-0.2, 0) is 14.9 Å². The maximum atomic E-state index is 12.0. The minimum absolute atomic E-state index is 0.242. The third kappa shape index (κ3) is 3.55. The highest BCUT2D eigenvalue weighted by atomic mass is 32.2. The Labute approximate surface area is 130 Å². The van der Waals surface area contributed by atoms with E-state index < -0.39 is 10.0 Å². The molecule has 0 fully saturated rings. The van der Waals surface area contributed by atoms with Gasteiger partial charge in [0.05, 0.1) is 4.90 Å². The number of furan rings is 1. The van der Waals surface area contributed by atoms with E-state index in [1.165, 1.54) is 24.6 Å². The number of rotatable bonds is 6. The van der Waals surface area contributed by atoms with Gasteiger partial charge in [-0.2, -0.15) is 0 Å². The summed E-state index contributed by atoms with van der Waals surface area (Å²) in [6, 6.07) is 10.1. The third-order valence-corrected chi connectivity index (χ3v) is 4.76. The van der Waals surface area contributed by atoms with Crippen molar-refractivity contribution < 1.29 is 17.7 Å². The van der Waals surface area contributed by atoms with Crippen LogP contribution in [0, 0.1) is 0 Å². The molecule has 0 saturated carbocycles. The lowest BCUT2D eigenvalue weighted by Gasteiger charge is -2.11. The van der Waals surface area contributed by atoms with Gasteiger partial charge in [0.15, 0.2) is 0 Å². The summed E-state index contributed by atoms with van der Waals surface area (Å²) in [5.41, 5.74) is 0.786. The Balaban J connectivity index is 2.21. The van der Waals surface area contributed by atoms with E-state index in [0.29, 0.717) is 18.1 Å². The quantitative estimate of drug-likeness (QED) is 0.605. The molecule has 2 aromatic rings. The van der Waals surface area contributed by atoms with Crippen LogP contribution in [0.15, 0.2) is 50.9 Å². The Morgan fingerprint density at radius 3 is 2.45 bits per heavy atom. The van der Waals surface area contributed by atoms with Gasteiger partial charge in [-0.3, -0.25) is 0 Å². The molecule has 118 valence electrons. The second kappa shape index (κ2) is 6.76. The zero-order valence-corrected chi connectivity index (χ0v) is 13.5. The summed E-state index contributed by atoms with van der Waals surface area (Å²) in [5, 5.41) is 3.73. The van der Waals surface area contributed by atoms with Gasteiger partial charge in [0.25, 0.3) is 0 Å². The lowest BCUT2D eigenvalue weighted by molar-refractivity contribution is 0.160. The van der Waals surface area contributed by atoms with Crippen LogP contribution in [0.25, 0.3) is 11.3 Å². The number of benzene rings is 1. The fourth-order valence-electron chi connectivity index (χ4n) is 1.74. The maximum Gasteiger partial charge on any atom is 0.242 e. The fraction of sp³-hybridized carbons (Fsp3) is 0.267. The molecule has 2 rings (SSSR count). The highest BCUT2D eigenvalue weighted by molar-refractivity contribution is 7.89. The van der Waals surface area contributed by atoms with E-state index in [0.717, 1.165) is 5.56 Å². The Kier molecular flexibility index (Phi) is 4.99. The number of oxime groups is 1. The van der Waals surface area contributed by atoms with Gasteiger partial charge >= 0.3 is 0 Å². The van der Waals surface area contributed by atoms with Gasteiger partial charge in [0.1, 0.15) is 24.3 Å². The molecule has 0 spiro atoms. The first kappa shape index (κ1) is 16.3. The van der Waals surface area contributed by atoms with Crippen molar-refractivity contribution in [3.8, 4) is 11.3 Å². The Morgan fingerprint density at radius 2 is 1.86 bits per heavy atom. The molecule has 0 bridgehead atoms. The van der Waals surface area contributed by atoms with Crippen molar-refractivity contribution >= 4 is 16.2 Å². The minimum atomic E-state index is -3.42. The molecule has 7 heteroatoms. The van der Waals surface area contributed by atoms with Gasteiger partial charge in [-0.05, 0) is 43.3 Å². The predicted molar refractivity (Wildman–Crippen MR) is 84.2 cm³/mol. The SMILES string of the molecule is CCON=Cc1ccc(-c2ccc(S(=O)(=O)N(C)C)cc2)o1. The smallest absolute Gasteiger partial charge is 0.242 e. The molecule has 1 aromatic heterocycles. The third-order valence-electron chi connectivity index (χ3n) is 2.93. The molecule has 0 atom stereocenters. The summed E-state index contributed by atoms with van der Waals surface area (Å²) in [5.74, 6) is 1.19. The van der Waals surface area contributed by atoms with Crippen LogP contribution < -0.4 is 0 Å². The number of hydrogen-bond donors (Lipinski definition) is 0. The van der Waals surface area contributed by atoms with E-state index in [-0.39, 0.29) is 4.90 Å². The van der Waals surface area contributed by atoms with Crippen LogP contribution in [0.1, 0.15) is 12.7 Å². The van der Waals surface area contributed by atoms with Crippen LogP contribution in [0.5, 0.6) is 0 Å². The number of sulfonamides is 1. The lowest BCUT2D eigenvalue weighted by Crippen LogP contribution is -2.22. The van der Waals surface area contributed by atoms with Gasteiger partial charge in [-0.15, -0.1) is 0 Å². The van der Waals surface area contributed by atoms with Crippen molar-refractivity contribution in [3.05, 3.63) is 42.2 Å². The minimum Gasteiger partial charge on any atom is -0.455 e. The number of nitrogens with zero attached hydrogens (tertiary/aromatic N) is 2. The van der Waals surface area contributed by atoms with Gasteiger partial charge in [-0.1, -0.05) is 5.16 Å². The average Bonchev–Trinajstić information content (AvgIpc) is 2.96. The second-order valence-electron chi connectivity index (χ2n) is 4.67. The van der Waals surface area contributed by atoms with E-state index in [9.17, 15) is 8.42 Å². The molecule has 22 heavy (non-hydrogen) atoms. The molecule has 0 amide bonds. The summed E-state index contributed by atoms with van der Waals surface area (Å²) in [4.78, 5) is 5.11. The first-order valence-electron chi connectivity index (χ1n) is 6.73. The molecule has 0 unspecified atom stereocenters. The predicted octanol–water partition coefficient (Wildman–Crippen LogP) is 2.57. The van der Waals surface area contributed by atoms with Gasteiger partial charge in [-0.25, -0.2) is 12.7 Å². The van der Waals surface area contributed by atoms with E-state index in [1.54, 1.807) is 36.4 Å². The first-order valence-corrected chi connectivity index (χ1v) is 8.17. The van der Waals surface area contributed by atoms with Crippen molar-refractivity contribution in [2.45, 2.75) is 11.8 Å². The normalized spacial score (nSPS) is 12.2. The standard InChI is InChI=1S/C15H18N2O4S/c1-4-20-16-11-13-7-10-15(21-13)12-5-8-14(9-6-12)22(18,19)17(2)3/h5-11H,4H2,1-3H3. The van der Waals surface area contributed by atoms with Gasteiger partial charge in [0, 0.05) is 19.7 Å². The molecule has 6 nitrogen and oxygen atoms in total. The molecule has 0 N–H and O–H groups in total. The second-order valence-corrected chi connectivity index (χ2v) is 6.82. The summed E-state index contributed by atoms with van der Waals surface area (Å²) < 4.78 is 30.8. The van der Waals surface area contributed by atoms with Crippen LogP contribution in [0.2, 0.25) is 0 Å². The molecule has 0 saturated heterocycles. The van der Waals surface area contributed by atoms with Crippen molar-refractivity contribution in [2.75, 3.05) is 20.7 Å². The molecule has 1 heterocycles. The van der Waals surface area contributed by atoms with Crippen LogP contribution in [0.3, 0.4) is 0 Å². The van der Waals surface area contributed by atoms with Crippen LogP contribution in [-0.4, -0.2) is 39.6 Å². The van der Waals surface area contributed by atoms with Crippen LogP contribution >= 0.6 is 0 Å². The maximum absolute atomic E-state index is 12.0. The molecule has 0 aliphatic heterocycles. The van der Waals surface area contributed by atoms with Crippen LogP contribution in [0.4, 0.5) is 0 Å². The highest BCUT2D eigenvalue weighted by Gasteiger charge is 2.17. The summed E-state index contributed by atoms with van der Waals surface area (Å²) in [6.45, 7) is 2.33. The fourth-order valence-corrected chi connectivity index (χ4v) is 2.64. The van der Waals surface area contributed by atoms with E-state index in [4.69, 9.17) is 9.25 Å². The highest BCUT2D eigenvalue weighted by Crippen LogP contribution is 2.24. The largest absolute Gasteiger partial charge is 0.455 e. The van der Waals surface area contributed by atoms with Crippen molar-refractivity contribution in [3.63, 3.8) is 0 Å². The van der Waals surface area contributed by atoms with Crippen molar-refractivity contribution in [2.24, 2.45) is 5.16 Å². The van der Waals surface area contributed by atoms with Gasteiger partial charge in [0.2, 0.25) is 10.0 Å². The molecule has 0 aliphatic rings. The Morgan fingerprint density at radius 1 is 1.18 bits per heavy atom. The molecule has 0 radical (unpaired) electrons. The molecular formula is C15H18N2O4S. The lowest BCUT2D eigenvalue weighted by atomic mass is 10.2. The van der Waals surface area contributed by atoms with Gasteiger partial charge < -0.3 is 9.25 Å². The van der Waals surface area contributed by atoms with Crippen molar-refractivity contribution in [1.82, 2.24) is 4.31 Å². The molecule has 1 aromatic carbocycles. The summed E-state index contributed by atoms with van der Waals surface area (Å²) in [7, 11) is -0.421. The number of hydrogen-bond acceptors (Lipinski definition) is 5. The van der Waals surface area contributed by atoms with E-state index >= 15 is 0 Å². The molecular weight excluding hydrogens is 304 g/mol. The zero-order chi connectivity index (χ0) is 16.2.